The number of benzene rings is 2. The predicted molar refractivity (Wildman–Crippen MR) is 93.9 cm³/mol. The minimum absolute atomic E-state index is 0.0385. The lowest BCUT2D eigenvalue weighted by Crippen LogP contribution is -2.12. The number of amides is 1. The fraction of sp³-hybridized carbons (Fsp3) is 0.222. The van der Waals surface area contributed by atoms with Crippen LogP contribution in [0.25, 0.3) is 10.2 Å². The average Bonchev–Trinajstić information content (AvgIpc) is 3.17. The van der Waals surface area contributed by atoms with E-state index in [1.54, 1.807) is 0 Å². The first-order valence-corrected chi connectivity index (χ1v) is 8.54. The summed E-state index contributed by atoms with van der Waals surface area (Å²) in [4.78, 5) is 16.6. The first-order valence-electron chi connectivity index (χ1n) is 7.73. The van der Waals surface area contributed by atoms with Crippen LogP contribution < -0.4 is 14.8 Å². The van der Waals surface area contributed by atoms with E-state index in [0.29, 0.717) is 18.0 Å². The summed E-state index contributed by atoms with van der Waals surface area (Å²) in [6, 6.07) is 11.8. The Morgan fingerprint density at radius 2 is 2.08 bits per heavy atom. The van der Waals surface area contributed by atoms with E-state index in [4.69, 9.17) is 9.47 Å². The quantitative estimate of drug-likeness (QED) is 0.782. The Bertz CT molecular complexity index is 920. The molecule has 122 valence electrons. The Hall–Kier alpha value is -2.60. The number of aromatic nitrogens is 1. The summed E-state index contributed by atoms with van der Waals surface area (Å²) in [6.45, 7) is 2.30. The smallest absolute Gasteiger partial charge is 0.231 e. The normalized spacial score (nSPS) is 12.5. The lowest BCUT2D eigenvalue weighted by molar-refractivity contribution is -0.116. The molecule has 0 aliphatic carbocycles. The van der Waals surface area contributed by atoms with Crippen LogP contribution in [0.1, 0.15) is 17.5 Å². The van der Waals surface area contributed by atoms with Gasteiger partial charge in [0.05, 0.1) is 10.2 Å². The minimum atomic E-state index is -0.0385. The van der Waals surface area contributed by atoms with E-state index in [1.807, 2.05) is 37.3 Å². The van der Waals surface area contributed by atoms with Crippen molar-refractivity contribution in [2.75, 3.05) is 12.1 Å². The number of hydrogen-bond acceptors (Lipinski definition) is 5. The molecule has 0 saturated carbocycles. The zero-order chi connectivity index (χ0) is 16.5. The molecule has 0 fully saturated rings. The van der Waals surface area contributed by atoms with Gasteiger partial charge in [-0.15, -0.1) is 0 Å². The van der Waals surface area contributed by atoms with Gasteiger partial charge in [0.1, 0.15) is 0 Å². The van der Waals surface area contributed by atoms with Gasteiger partial charge in [-0.3, -0.25) is 4.79 Å². The maximum Gasteiger partial charge on any atom is 0.231 e. The van der Waals surface area contributed by atoms with E-state index in [2.05, 4.69) is 16.4 Å². The van der Waals surface area contributed by atoms with Gasteiger partial charge < -0.3 is 14.8 Å². The van der Waals surface area contributed by atoms with Crippen molar-refractivity contribution in [3.05, 3.63) is 47.5 Å². The molecule has 2 aromatic carbocycles. The van der Waals surface area contributed by atoms with Crippen molar-refractivity contribution < 1.29 is 14.3 Å². The highest BCUT2D eigenvalue weighted by Crippen LogP contribution is 2.33. The Morgan fingerprint density at radius 1 is 1.21 bits per heavy atom. The first-order chi connectivity index (χ1) is 11.7. The molecular formula is C18H16N2O3S. The van der Waals surface area contributed by atoms with Gasteiger partial charge in [-0.05, 0) is 48.7 Å². The first kappa shape index (κ1) is 15.0. The Kier molecular flexibility index (Phi) is 3.82. The molecule has 0 radical (unpaired) electrons. The lowest BCUT2D eigenvalue weighted by Gasteiger charge is -2.03. The molecule has 1 amide bonds. The van der Waals surface area contributed by atoms with E-state index in [0.717, 1.165) is 27.3 Å². The molecule has 2 heterocycles. The Balaban J connectivity index is 1.39. The largest absolute Gasteiger partial charge is 0.454 e. The molecule has 4 rings (SSSR count). The second kappa shape index (κ2) is 6.13. The van der Waals surface area contributed by atoms with Crippen molar-refractivity contribution in [2.24, 2.45) is 0 Å². The fourth-order valence-corrected chi connectivity index (χ4v) is 3.60. The number of nitrogens with zero attached hydrogens (tertiary/aromatic N) is 1. The number of carbonyl (C=O) groups is 1. The number of ether oxygens (including phenoxy) is 2. The molecule has 0 atom stereocenters. The second-order valence-electron chi connectivity index (χ2n) is 5.73. The summed E-state index contributed by atoms with van der Waals surface area (Å²) in [5, 5.41) is 3.53. The van der Waals surface area contributed by atoms with E-state index in [-0.39, 0.29) is 12.7 Å². The Morgan fingerprint density at radius 3 is 3.00 bits per heavy atom. The van der Waals surface area contributed by atoms with Gasteiger partial charge in [0, 0.05) is 6.42 Å². The molecular weight excluding hydrogens is 324 g/mol. The van der Waals surface area contributed by atoms with Crippen LogP contribution in [0.15, 0.2) is 36.4 Å². The van der Waals surface area contributed by atoms with Crippen LogP contribution in [0, 0.1) is 6.92 Å². The van der Waals surface area contributed by atoms with E-state index >= 15 is 0 Å². The molecule has 24 heavy (non-hydrogen) atoms. The third-order valence-electron chi connectivity index (χ3n) is 3.87. The number of rotatable bonds is 4. The number of hydrogen-bond donors (Lipinski definition) is 1. The van der Waals surface area contributed by atoms with Crippen LogP contribution in [-0.2, 0) is 11.2 Å². The summed E-state index contributed by atoms with van der Waals surface area (Å²) in [6.07, 6.45) is 1.04. The maximum absolute atomic E-state index is 12.2. The van der Waals surface area contributed by atoms with Gasteiger partial charge in [0.25, 0.3) is 0 Å². The maximum atomic E-state index is 12.2. The highest BCUT2D eigenvalue weighted by atomic mass is 32.1. The lowest BCUT2D eigenvalue weighted by atomic mass is 10.1. The number of carbonyl (C=O) groups excluding carboxylic acids is 1. The van der Waals surface area contributed by atoms with E-state index < -0.39 is 0 Å². The van der Waals surface area contributed by atoms with Crippen LogP contribution in [0.2, 0.25) is 0 Å². The van der Waals surface area contributed by atoms with Crippen LogP contribution >= 0.6 is 11.3 Å². The molecule has 6 heteroatoms. The number of nitrogens with one attached hydrogen (secondary N) is 1. The fourth-order valence-electron chi connectivity index (χ4n) is 2.62. The molecule has 3 aromatic rings. The van der Waals surface area contributed by atoms with Crippen molar-refractivity contribution in [1.82, 2.24) is 4.98 Å². The summed E-state index contributed by atoms with van der Waals surface area (Å²) in [5.74, 6) is 1.46. The van der Waals surface area contributed by atoms with Gasteiger partial charge in [-0.2, -0.15) is 0 Å². The standard InChI is InChI=1S/C18H16N2O3S/c1-11-2-5-13-16(8-11)24-18(19-13)20-17(21)7-4-12-3-6-14-15(9-12)23-10-22-14/h2-3,5-6,8-9H,4,7,10H2,1H3,(H,19,20,21). The van der Waals surface area contributed by atoms with Crippen molar-refractivity contribution in [3.63, 3.8) is 0 Å². The van der Waals surface area contributed by atoms with Crippen molar-refractivity contribution in [1.29, 1.82) is 0 Å². The molecule has 1 aromatic heterocycles. The van der Waals surface area contributed by atoms with Crippen molar-refractivity contribution in [3.8, 4) is 11.5 Å². The van der Waals surface area contributed by atoms with Crippen LogP contribution in [0.3, 0.4) is 0 Å². The summed E-state index contributed by atoms with van der Waals surface area (Å²) >= 11 is 1.50. The third kappa shape index (κ3) is 3.05. The van der Waals surface area contributed by atoms with Crippen molar-refractivity contribution in [2.45, 2.75) is 19.8 Å². The monoisotopic (exact) mass is 340 g/mol. The van der Waals surface area contributed by atoms with Gasteiger partial charge in [-0.1, -0.05) is 23.5 Å². The molecule has 5 nitrogen and oxygen atoms in total. The molecule has 1 aliphatic rings. The highest BCUT2D eigenvalue weighted by Gasteiger charge is 2.14. The van der Waals surface area contributed by atoms with E-state index in [9.17, 15) is 4.79 Å². The topological polar surface area (TPSA) is 60.5 Å². The van der Waals surface area contributed by atoms with Crippen molar-refractivity contribution >= 4 is 32.6 Å². The van der Waals surface area contributed by atoms with Gasteiger partial charge >= 0.3 is 0 Å². The molecule has 0 unspecified atom stereocenters. The third-order valence-corrected chi connectivity index (χ3v) is 4.80. The van der Waals surface area contributed by atoms with Gasteiger partial charge in [0.2, 0.25) is 12.7 Å². The van der Waals surface area contributed by atoms with Gasteiger partial charge in [0.15, 0.2) is 16.6 Å². The predicted octanol–water partition coefficient (Wildman–Crippen LogP) is 3.90. The minimum Gasteiger partial charge on any atom is -0.454 e. The number of anilines is 1. The molecule has 0 spiro atoms. The summed E-state index contributed by atoms with van der Waals surface area (Å²) < 4.78 is 11.7. The average molecular weight is 340 g/mol. The second-order valence-corrected chi connectivity index (χ2v) is 6.76. The summed E-state index contributed by atoms with van der Waals surface area (Å²) in [7, 11) is 0. The highest BCUT2D eigenvalue weighted by molar-refractivity contribution is 7.22. The molecule has 1 aliphatic heterocycles. The number of thiazole rings is 1. The number of aryl methyl sites for hydroxylation is 2. The SMILES string of the molecule is Cc1ccc2nc(NC(=O)CCc3ccc4c(c3)OCO4)sc2c1. The molecule has 0 saturated heterocycles. The zero-order valence-electron chi connectivity index (χ0n) is 13.2. The summed E-state index contributed by atoms with van der Waals surface area (Å²) in [5.41, 5.74) is 3.15. The van der Waals surface area contributed by atoms with Crippen LogP contribution in [-0.4, -0.2) is 17.7 Å². The van der Waals surface area contributed by atoms with Crippen LogP contribution in [0.5, 0.6) is 11.5 Å². The van der Waals surface area contributed by atoms with E-state index in [1.165, 1.54) is 16.9 Å². The zero-order valence-corrected chi connectivity index (χ0v) is 14.0. The van der Waals surface area contributed by atoms with Crippen LogP contribution in [0.4, 0.5) is 5.13 Å². The molecule has 0 bridgehead atoms. The number of fused-ring (bicyclic) bond motifs is 2. The van der Waals surface area contributed by atoms with Gasteiger partial charge in [-0.25, -0.2) is 4.98 Å². The molecule has 1 N–H and O–H groups in total. The Labute approximate surface area is 143 Å².